The van der Waals surface area contributed by atoms with Gasteiger partial charge in [0.1, 0.15) is 5.60 Å². The normalized spacial score (nSPS) is 18.2. The van der Waals surface area contributed by atoms with Crippen molar-refractivity contribution in [2.75, 3.05) is 18.9 Å². The van der Waals surface area contributed by atoms with Crippen molar-refractivity contribution in [3.05, 3.63) is 29.8 Å². The van der Waals surface area contributed by atoms with Crippen molar-refractivity contribution >= 4 is 11.8 Å². The van der Waals surface area contributed by atoms with E-state index in [9.17, 15) is 4.79 Å². The smallest absolute Gasteiger partial charge is 0.410 e. The highest BCUT2D eigenvalue weighted by Gasteiger charge is 2.29. The molecule has 19 heavy (non-hydrogen) atoms. The van der Waals surface area contributed by atoms with E-state index < -0.39 is 5.60 Å². The molecule has 4 heteroatoms. The molecule has 0 fully saturated rings. The molecule has 104 valence electrons. The Morgan fingerprint density at radius 1 is 1.37 bits per heavy atom. The van der Waals surface area contributed by atoms with Gasteiger partial charge in [-0.05, 0) is 38.8 Å². The summed E-state index contributed by atoms with van der Waals surface area (Å²) in [5, 5.41) is 3.36. The Bertz CT molecular complexity index is 465. The third-order valence-corrected chi connectivity index (χ3v) is 3.20. The van der Waals surface area contributed by atoms with Crippen molar-refractivity contribution in [2.45, 2.75) is 38.8 Å². The maximum Gasteiger partial charge on any atom is 0.410 e. The van der Waals surface area contributed by atoms with Gasteiger partial charge >= 0.3 is 6.09 Å². The number of hydrogen-bond donors (Lipinski definition) is 1. The van der Waals surface area contributed by atoms with Crippen molar-refractivity contribution in [2.24, 2.45) is 0 Å². The molecule has 4 nitrogen and oxygen atoms in total. The van der Waals surface area contributed by atoms with Gasteiger partial charge in [0, 0.05) is 19.3 Å². The molecular weight excluding hydrogens is 240 g/mol. The van der Waals surface area contributed by atoms with Crippen LogP contribution in [0.3, 0.4) is 0 Å². The summed E-state index contributed by atoms with van der Waals surface area (Å²) < 4.78 is 5.43. The van der Waals surface area contributed by atoms with Crippen molar-refractivity contribution in [3.63, 3.8) is 0 Å². The van der Waals surface area contributed by atoms with Crippen LogP contribution in [0.2, 0.25) is 0 Å². The molecule has 1 heterocycles. The molecule has 1 unspecified atom stereocenters. The van der Waals surface area contributed by atoms with E-state index in [-0.39, 0.29) is 12.1 Å². The lowest BCUT2D eigenvalue weighted by Gasteiger charge is -2.34. The molecule has 2 rings (SSSR count). The Morgan fingerprint density at radius 3 is 2.74 bits per heavy atom. The van der Waals surface area contributed by atoms with Gasteiger partial charge in [0.2, 0.25) is 0 Å². The number of carbonyl (C=O) groups is 1. The van der Waals surface area contributed by atoms with Gasteiger partial charge in [-0.15, -0.1) is 0 Å². The Balaban J connectivity index is 2.17. The molecule has 0 saturated heterocycles. The van der Waals surface area contributed by atoms with E-state index >= 15 is 0 Å². The molecule has 1 aromatic carbocycles. The largest absolute Gasteiger partial charge is 0.444 e. The molecule has 0 radical (unpaired) electrons. The van der Waals surface area contributed by atoms with Gasteiger partial charge in [0.15, 0.2) is 0 Å². The highest BCUT2D eigenvalue weighted by molar-refractivity contribution is 5.69. The van der Waals surface area contributed by atoms with Crippen molar-refractivity contribution in [1.82, 2.24) is 4.90 Å². The van der Waals surface area contributed by atoms with Crippen molar-refractivity contribution in [1.29, 1.82) is 0 Å². The maximum absolute atomic E-state index is 12.2. The fraction of sp³-hybridized carbons (Fsp3) is 0.533. The average molecular weight is 262 g/mol. The summed E-state index contributed by atoms with van der Waals surface area (Å²) in [5.74, 6) is 0. The monoisotopic (exact) mass is 262 g/mol. The molecule has 0 bridgehead atoms. The lowest BCUT2D eigenvalue weighted by Crippen LogP contribution is -2.38. The second kappa shape index (κ2) is 5.11. The predicted octanol–water partition coefficient (Wildman–Crippen LogP) is 3.41. The number of amides is 1. The number of ether oxygens (including phenoxy) is 1. The fourth-order valence-electron chi connectivity index (χ4n) is 2.31. The molecule has 1 amide bonds. The predicted molar refractivity (Wildman–Crippen MR) is 76.3 cm³/mol. The van der Waals surface area contributed by atoms with E-state index in [4.69, 9.17) is 4.74 Å². The van der Waals surface area contributed by atoms with Gasteiger partial charge in [0.25, 0.3) is 0 Å². The lowest BCUT2D eigenvalue weighted by molar-refractivity contribution is 0.0212. The molecule has 0 spiro atoms. The lowest BCUT2D eigenvalue weighted by atomic mass is 9.97. The number of carbonyl (C=O) groups excluding carboxylic acids is 1. The van der Waals surface area contributed by atoms with Crippen LogP contribution in [0.5, 0.6) is 0 Å². The summed E-state index contributed by atoms with van der Waals surface area (Å²) in [6.07, 6.45) is 0.626. The Hall–Kier alpha value is -1.71. The third-order valence-electron chi connectivity index (χ3n) is 3.20. The summed E-state index contributed by atoms with van der Waals surface area (Å²) in [5.41, 5.74) is 1.80. The van der Waals surface area contributed by atoms with Crippen LogP contribution in [0, 0.1) is 0 Å². The average Bonchev–Trinajstić information content (AvgIpc) is 2.35. The minimum atomic E-state index is -0.461. The Kier molecular flexibility index (Phi) is 3.69. The van der Waals surface area contributed by atoms with Gasteiger partial charge in [-0.3, -0.25) is 0 Å². The van der Waals surface area contributed by atoms with Crippen molar-refractivity contribution < 1.29 is 9.53 Å². The van der Waals surface area contributed by atoms with E-state index in [2.05, 4.69) is 11.4 Å². The van der Waals surface area contributed by atoms with E-state index in [0.717, 1.165) is 24.2 Å². The van der Waals surface area contributed by atoms with Crippen LogP contribution in [0.4, 0.5) is 10.5 Å². The van der Waals surface area contributed by atoms with Crippen LogP contribution in [0.25, 0.3) is 0 Å². The standard InChI is InChI=1S/C15H22N2O2/c1-15(2,3)19-14(18)17(4)13-9-10-16-12-8-6-5-7-11(12)13/h5-8,13,16H,9-10H2,1-4H3. The van der Waals surface area contributed by atoms with Crippen LogP contribution < -0.4 is 5.32 Å². The van der Waals surface area contributed by atoms with E-state index in [1.54, 1.807) is 11.9 Å². The van der Waals surface area contributed by atoms with Crippen LogP contribution in [-0.4, -0.2) is 30.2 Å². The zero-order chi connectivity index (χ0) is 14.0. The number of para-hydroxylation sites is 1. The number of rotatable bonds is 1. The van der Waals surface area contributed by atoms with E-state index in [1.807, 2.05) is 39.0 Å². The second-order valence-corrected chi connectivity index (χ2v) is 5.91. The summed E-state index contributed by atoms with van der Waals surface area (Å²) in [7, 11) is 1.81. The summed E-state index contributed by atoms with van der Waals surface area (Å²) in [6.45, 7) is 6.52. The highest BCUT2D eigenvalue weighted by Crippen LogP contribution is 2.33. The molecular formula is C15H22N2O2. The first-order valence-electron chi connectivity index (χ1n) is 6.67. The minimum absolute atomic E-state index is 0.0762. The quantitative estimate of drug-likeness (QED) is 0.843. The first-order chi connectivity index (χ1) is 8.88. The van der Waals surface area contributed by atoms with Gasteiger partial charge in [-0.25, -0.2) is 4.79 Å². The van der Waals surface area contributed by atoms with Crippen LogP contribution in [-0.2, 0) is 4.74 Å². The van der Waals surface area contributed by atoms with Gasteiger partial charge in [-0.2, -0.15) is 0 Å². The Morgan fingerprint density at radius 2 is 2.05 bits per heavy atom. The first kappa shape index (κ1) is 13.7. The first-order valence-corrected chi connectivity index (χ1v) is 6.67. The SMILES string of the molecule is CN(C(=O)OC(C)(C)C)C1CCNc2ccccc21. The van der Waals surface area contributed by atoms with Crippen LogP contribution in [0.15, 0.2) is 24.3 Å². The molecule has 1 aliphatic heterocycles. The Labute approximate surface area is 114 Å². The van der Waals surface area contributed by atoms with Crippen molar-refractivity contribution in [3.8, 4) is 0 Å². The number of anilines is 1. The zero-order valence-electron chi connectivity index (χ0n) is 12.1. The van der Waals surface area contributed by atoms with E-state index in [1.165, 1.54) is 0 Å². The summed E-state index contributed by atoms with van der Waals surface area (Å²) >= 11 is 0. The topological polar surface area (TPSA) is 41.6 Å². The number of benzene rings is 1. The summed E-state index contributed by atoms with van der Waals surface area (Å²) in [4.78, 5) is 13.9. The number of nitrogens with zero attached hydrogens (tertiary/aromatic N) is 1. The minimum Gasteiger partial charge on any atom is -0.444 e. The molecule has 0 saturated carbocycles. The number of fused-ring (bicyclic) bond motifs is 1. The van der Waals surface area contributed by atoms with Crippen LogP contribution >= 0.6 is 0 Å². The number of hydrogen-bond acceptors (Lipinski definition) is 3. The highest BCUT2D eigenvalue weighted by atomic mass is 16.6. The molecule has 1 N–H and O–H groups in total. The molecule has 1 aliphatic rings. The second-order valence-electron chi connectivity index (χ2n) is 5.91. The molecule has 0 aliphatic carbocycles. The zero-order valence-corrected chi connectivity index (χ0v) is 12.1. The van der Waals surface area contributed by atoms with Crippen LogP contribution in [0.1, 0.15) is 38.8 Å². The van der Waals surface area contributed by atoms with Gasteiger partial charge in [-0.1, -0.05) is 18.2 Å². The maximum atomic E-state index is 12.2. The molecule has 1 aromatic rings. The molecule has 0 aromatic heterocycles. The van der Waals surface area contributed by atoms with Gasteiger partial charge in [0.05, 0.1) is 6.04 Å². The molecule has 1 atom stereocenters. The van der Waals surface area contributed by atoms with E-state index in [0.29, 0.717) is 0 Å². The fourth-order valence-corrected chi connectivity index (χ4v) is 2.31. The van der Waals surface area contributed by atoms with Gasteiger partial charge < -0.3 is 15.0 Å². The third kappa shape index (κ3) is 3.19. The number of nitrogens with one attached hydrogen (secondary N) is 1. The summed E-state index contributed by atoms with van der Waals surface area (Å²) in [6, 6.07) is 8.19.